The van der Waals surface area contributed by atoms with E-state index in [2.05, 4.69) is 78.3 Å². The van der Waals surface area contributed by atoms with Crippen molar-refractivity contribution >= 4 is 29.2 Å². The molecule has 0 aliphatic heterocycles. The van der Waals surface area contributed by atoms with Crippen molar-refractivity contribution in [3.05, 3.63) is 88.4 Å². The molecule has 1 heterocycles. The third-order valence-corrected chi connectivity index (χ3v) is 5.06. The molecule has 0 aliphatic rings. The van der Waals surface area contributed by atoms with Crippen LogP contribution in [0.1, 0.15) is 11.1 Å². The maximum absolute atomic E-state index is 6.04. The molecule has 2 nitrogen and oxygen atoms in total. The molecule has 134 valence electrons. The summed E-state index contributed by atoms with van der Waals surface area (Å²) >= 11 is 3.52. The Bertz CT molecular complexity index is 1050. The fraction of sp³-hybridized carbons (Fsp3) is 0.0833. The van der Waals surface area contributed by atoms with E-state index < -0.39 is 0 Å². The van der Waals surface area contributed by atoms with Gasteiger partial charge in [0.1, 0.15) is 7.85 Å². The van der Waals surface area contributed by atoms with Crippen LogP contribution in [-0.2, 0) is 0 Å². The summed E-state index contributed by atoms with van der Waals surface area (Å²) in [6.45, 7) is 4.16. The Kier molecular flexibility index (Phi) is 5.14. The van der Waals surface area contributed by atoms with Gasteiger partial charge in [0.05, 0.1) is 11.4 Å². The third kappa shape index (κ3) is 4.07. The van der Waals surface area contributed by atoms with Crippen molar-refractivity contribution in [1.29, 1.82) is 0 Å². The lowest BCUT2D eigenvalue weighted by Crippen LogP contribution is -2.03. The fourth-order valence-electron chi connectivity index (χ4n) is 3.06. The van der Waals surface area contributed by atoms with Crippen LogP contribution >= 0.6 is 15.9 Å². The molecule has 2 radical (unpaired) electrons. The number of nitrogens with zero attached hydrogens (tertiary/aromatic N) is 2. The second-order valence-corrected chi connectivity index (χ2v) is 7.88. The summed E-state index contributed by atoms with van der Waals surface area (Å²) < 4.78 is 0.906. The van der Waals surface area contributed by atoms with E-state index in [0.29, 0.717) is 11.3 Å². The Hall–Kier alpha value is -2.72. The Morgan fingerprint density at radius 3 is 1.61 bits per heavy atom. The van der Waals surface area contributed by atoms with Gasteiger partial charge in [0.25, 0.3) is 0 Å². The van der Waals surface area contributed by atoms with Gasteiger partial charge in [0.15, 0.2) is 5.82 Å². The van der Waals surface area contributed by atoms with E-state index in [9.17, 15) is 0 Å². The maximum Gasteiger partial charge on any atom is 0.160 e. The summed E-state index contributed by atoms with van der Waals surface area (Å²) in [5.74, 6) is 0.654. The highest BCUT2D eigenvalue weighted by Crippen LogP contribution is 2.28. The minimum atomic E-state index is 0.654. The van der Waals surface area contributed by atoms with Crippen molar-refractivity contribution in [3.63, 3.8) is 0 Å². The highest BCUT2D eigenvalue weighted by atomic mass is 79.9. The zero-order valence-electron chi connectivity index (χ0n) is 15.8. The van der Waals surface area contributed by atoms with Gasteiger partial charge in [0.2, 0.25) is 0 Å². The lowest BCUT2D eigenvalue weighted by atomic mass is 9.94. The van der Waals surface area contributed by atoms with Crippen molar-refractivity contribution in [2.45, 2.75) is 13.8 Å². The van der Waals surface area contributed by atoms with Crippen LogP contribution < -0.4 is 5.46 Å². The summed E-state index contributed by atoms with van der Waals surface area (Å²) in [6, 6.07) is 24.6. The average molecular weight is 425 g/mol. The highest BCUT2D eigenvalue weighted by molar-refractivity contribution is 9.10. The van der Waals surface area contributed by atoms with Gasteiger partial charge in [-0.25, -0.2) is 9.97 Å². The second kappa shape index (κ2) is 7.73. The van der Waals surface area contributed by atoms with E-state index in [1.54, 1.807) is 0 Å². The molecule has 28 heavy (non-hydrogen) atoms. The average Bonchev–Trinajstić information content (AvgIpc) is 2.68. The summed E-state index contributed by atoms with van der Waals surface area (Å²) in [7, 11) is 6.04. The van der Waals surface area contributed by atoms with E-state index in [1.807, 2.05) is 24.3 Å². The number of hydrogen-bond donors (Lipinski definition) is 0. The normalized spacial score (nSPS) is 10.8. The molecule has 1 aromatic heterocycles. The monoisotopic (exact) mass is 424 g/mol. The Balaban J connectivity index is 1.92. The van der Waals surface area contributed by atoms with Crippen LogP contribution in [0.4, 0.5) is 0 Å². The second-order valence-electron chi connectivity index (χ2n) is 6.97. The van der Waals surface area contributed by atoms with E-state index in [0.717, 1.165) is 32.6 Å². The largest absolute Gasteiger partial charge is 0.228 e. The van der Waals surface area contributed by atoms with Crippen LogP contribution in [0, 0.1) is 13.8 Å². The zero-order chi connectivity index (χ0) is 19.7. The third-order valence-electron chi connectivity index (χ3n) is 4.60. The smallest absolute Gasteiger partial charge is 0.160 e. The standard InChI is InChI=1S/C24H18BBrN2/c1-15-3-7-17(8-4-15)22-14-23(18-9-5-16(2)6-10-18)28-24(27-22)19-11-20(25)13-21(26)12-19/h3-14H,1-2H3. The topological polar surface area (TPSA) is 25.8 Å². The van der Waals surface area contributed by atoms with E-state index in [1.165, 1.54) is 11.1 Å². The van der Waals surface area contributed by atoms with Crippen molar-refractivity contribution in [3.8, 4) is 33.9 Å². The highest BCUT2D eigenvalue weighted by Gasteiger charge is 2.11. The molecule has 0 N–H and O–H groups in total. The lowest BCUT2D eigenvalue weighted by molar-refractivity contribution is 1.18. The summed E-state index contributed by atoms with van der Waals surface area (Å²) in [5.41, 5.74) is 7.89. The van der Waals surface area contributed by atoms with Crippen LogP contribution in [-0.4, -0.2) is 17.8 Å². The predicted molar refractivity (Wildman–Crippen MR) is 121 cm³/mol. The first kappa shape index (κ1) is 18.6. The Morgan fingerprint density at radius 2 is 1.14 bits per heavy atom. The van der Waals surface area contributed by atoms with E-state index in [-0.39, 0.29) is 0 Å². The first-order valence-corrected chi connectivity index (χ1v) is 9.87. The van der Waals surface area contributed by atoms with Gasteiger partial charge >= 0.3 is 0 Å². The van der Waals surface area contributed by atoms with Crippen molar-refractivity contribution in [2.24, 2.45) is 0 Å². The first-order valence-electron chi connectivity index (χ1n) is 9.07. The SMILES string of the molecule is [B]c1cc(Br)cc(-c2nc(-c3ccc(C)cc3)cc(-c3ccc(C)cc3)n2)c1. The molecule has 0 bridgehead atoms. The molecule has 4 rings (SSSR count). The molecule has 0 saturated heterocycles. The van der Waals surface area contributed by atoms with Crippen LogP contribution in [0.15, 0.2) is 77.3 Å². The van der Waals surface area contributed by atoms with Crippen molar-refractivity contribution in [2.75, 3.05) is 0 Å². The molecule has 0 atom stereocenters. The van der Waals surface area contributed by atoms with E-state index >= 15 is 0 Å². The number of rotatable bonds is 3. The molecule has 0 spiro atoms. The summed E-state index contributed by atoms with van der Waals surface area (Å²) in [4.78, 5) is 9.68. The zero-order valence-corrected chi connectivity index (χ0v) is 17.4. The fourth-order valence-corrected chi connectivity index (χ4v) is 3.57. The molecule has 0 unspecified atom stereocenters. The lowest BCUT2D eigenvalue weighted by Gasteiger charge is -2.11. The molecule has 0 amide bonds. The van der Waals surface area contributed by atoms with Crippen molar-refractivity contribution in [1.82, 2.24) is 9.97 Å². The Morgan fingerprint density at radius 1 is 0.643 bits per heavy atom. The van der Waals surface area contributed by atoms with Crippen LogP contribution in [0.2, 0.25) is 0 Å². The van der Waals surface area contributed by atoms with Gasteiger partial charge in [-0.1, -0.05) is 93.2 Å². The quantitative estimate of drug-likeness (QED) is 0.397. The Labute approximate surface area is 175 Å². The maximum atomic E-state index is 6.04. The molecule has 0 aliphatic carbocycles. The molecule has 0 fully saturated rings. The minimum Gasteiger partial charge on any atom is -0.228 e. The van der Waals surface area contributed by atoms with Gasteiger partial charge in [-0.2, -0.15) is 0 Å². The predicted octanol–water partition coefficient (Wildman–Crippen LogP) is 5.65. The minimum absolute atomic E-state index is 0.654. The molecule has 0 saturated carbocycles. The molecule has 3 aromatic carbocycles. The van der Waals surface area contributed by atoms with Gasteiger partial charge in [-0.3, -0.25) is 0 Å². The molecular weight excluding hydrogens is 407 g/mol. The number of benzene rings is 3. The number of aryl methyl sites for hydroxylation is 2. The summed E-state index contributed by atoms with van der Waals surface area (Å²) in [6.07, 6.45) is 0. The molecular formula is C24H18BBrN2. The van der Waals surface area contributed by atoms with Gasteiger partial charge in [0, 0.05) is 21.2 Å². The van der Waals surface area contributed by atoms with Gasteiger partial charge < -0.3 is 0 Å². The van der Waals surface area contributed by atoms with Gasteiger partial charge in [-0.05, 0) is 26.0 Å². The number of halogens is 1. The van der Waals surface area contributed by atoms with Gasteiger partial charge in [-0.15, -0.1) is 0 Å². The van der Waals surface area contributed by atoms with Crippen LogP contribution in [0.25, 0.3) is 33.9 Å². The van der Waals surface area contributed by atoms with Crippen LogP contribution in [0.3, 0.4) is 0 Å². The molecule has 4 heteroatoms. The summed E-state index contributed by atoms with van der Waals surface area (Å²) in [5, 5.41) is 0. The van der Waals surface area contributed by atoms with E-state index in [4.69, 9.17) is 17.8 Å². The number of aromatic nitrogens is 2. The van der Waals surface area contributed by atoms with Crippen LogP contribution in [0.5, 0.6) is 0 Å². The number of hydrogen-bond acceptors (Lipinski definition) is 2. The van der Waals surface area contributed by atoms with Crippen molar-refractivity contribution < 1.29 is 0 Å². The molecule has 4 aromatic rings. The first-order chi connectivity index (χ1) is 13.5.